The van der Waals surface area contributed by atoms with Crippen molar-refractivity contribution in [2.75, 3.05) is 42.0 Å². The molecule has 1 aromatic rings. The number of benzene rings is 1. The molecule has 19 heavy (non-hydrogen) atoms. The highest BCUT2D eigenvalue weighted by molar-refractivity contribution is 6.34. The summed E-state index contributed by atoms with van der Waals surface area (Å²) in [6, 6.07) is 1.61. The molecule has 0 aromatic heterocycles. The second kappa shape index (κ2) is 7.93. The molecular formula is C12H17ClO6. The first-order valence-electron chi connectivity index (χ1n) is 5.37. The lowest BCUT2D eigenvalue weighted by Gasteiger charge is -2.17. The van der Waals surface area contributed by atoms with Gasteiger partial charge in [-0.1, -0.05) is 11.6 Å². The summed E-state index contributed by atoms with van der Waals surface area (Å²) in [5.41, 5.74) is 0. The molecule has 1 aromatic carbocycles. The Morgan fingerprint density at radius 2 is 1.47 bits per heavy atom. The average Bonchev–Trinajstić information content (AvgIpc) is 2.43. The third-order valence-electron chi connectivity index (χ3n) is 2.19. The summed E-state index contributed by atoms with van der Waals surface area (Å²) in [4.78, 5) is 0. The molecule has 0 aliphatic carbocycles. The third-order valence-corrected chi connectivity index (χ3v) is 2.53. The van der Waals surface area contributed by atoms with E-state index in [1.807, 2.05) is 0 Å². The monoisotopic (exact) mass is 292 g/mol. The van der Waals surface area contributed by atoms with Gasteiger partial charge in [0.25, 0.3) is 0 Å². The molecular weight excluding hydrogens is 276 g/mol. The first-order chi connectivity index (χ1) is 9.19. The summed E-state index contributed by atoms with van der Waals surface area (Å²) in [7, 11) is 6.00. The lowest BCUT2D eigenvalue weighted by molar-refractivity contribution is 0.0453. The molecule has 0 amide bonds. The molecule has 0 fully saturated rings. The summed E-state index contributed by atoms with van der Waals surface area (Å²) >= 11 is 6.21. The van der Waals surface area contributed by atoms with E-state index in [4.69, 9.17) is 40.0 Å². The molecule has 0 heterocycles. The smallest absolute Gasteiger partial charge is 0.188 e. The zero-order valence-electron chi connectivity index (χ0n) is 11.3. The number of hydrogen-bond acceptors (Lipinski definition) is 6. The van der Waals surface area contributed by atoms with Gasteiger partial charge in [0, 0.05) is 20.3 Å². The predicted molar refractivity (Wildman–Crippen MR) is 69.6 cm³/mol. The van der Waals surface area contributed by atoms with Crippen LogP contribution >= 0.6 is 11.6 Å². The topological polar surface area (TPSA) is 55.4 Å². The van der Waals surface area contributed by atoms with Gasteiger partial charge in [-0.05, 0) is 0 Å². The SMILES string of the molecule is COCOc1cc(OC)c(OCOC)c(Cl)c1OC. The van der Waals surface area contributed by atoms with Crippen molar-refractivity contribution in [1.82, 2.24) is 0 Å². The van der Waals surface area contributed by atoms with Crippen LogP contribution in [0.15, 0.2) is 6.07 Å². The molecule has 0 radical (unpaired) electrons. The summed E-state index contributed by atoms with van der Waals surface area (Å²) in [5, 5.41) is 0.241. The molecule has 0 unspecified atom stereocenters. The number of hydrogen-bond donors (Lipinski definition) is 0. The third kappa shape index (κ3) is 3.79. The van der Waals surface area contributed by atoms with Crippen LogP contribution in [0.4, 0.5) is 0 Å². The summed E-state index contributed by atoms with van der Waals surface area (Å²) < 4.78 is 30.8. The van der Waals surface area contributed by atoms with Gasteiger partial charge < -0.3 is 28.4 Å². The van der Waals surface area contributed by atoms with E-state index in [1.54, 1.807) is 6.07 Å². The van der Waals surface area contributed by atoms with Crippen molar-refractivity contribution in [2.24, 2.45) is 0 Å². The number of rotatable bonds is 8. The van der Waals surface area contributed by atoms with Crippen molar-refractivity contribution in [2.45, 2.75) is 0 Å². The number of methoxy groups -OCH3 is 4. The van der Waals surface area contributed by atoms with Gasteiger partial charge in [0.2, 0.25) is 0 Å². The second-order valence-electron chi connectivity index (χ2n) is 3.36. The second-order valence-corrected chi connectivity index (χ2v) is 3.73. The lowest BCUT2D eigenvalue weighted by atomic mass is 10.2. The minimum atomic E-state index is 0.0392. The molecule has 6 nitrogen and oxygen atoms in total. The van der Waals surface area contributed by atoms with Gasteiger partial charge in [0.15, 0.2) is 36.6 Å². The van der Waals surface area contributed by atoms with Gasteiger partial charge in [0.1, 0.15) is 5.02 Å². The van der Waals surface area contributed by atoms with Crippen LogP contribution in [0, 0.1) is 0 Å². The van der Waals surface area contributed by atoms with Crippen molar-refractivity contribution < 1.29 is 28.4 Å². The number of halogens is 1. The molecule has 1 rings (SSSR count). The predicted octanol–water partition coefficient (Wildman–Crippen LogP) is 2.32. The zero-order valence-corrected chi connectivity index (χ0v) is 12.1. The van der Waals surface area contributed by atoms with E-state index in [0.29, 0.717) is 23.0 Å². The minimum Gasteiger partial charge on any atom is -0.493 e. The van der Waals surface area contributed by atoms with Crippen LogP contribution in [-0.2, 0) is 9.47 Å². The standard InChI is InChI=1S/C12H17ClO6/c1-14-6-18-9-5-8(16-3)12(19-7-15-2)10(13)11(9)17-4/h5H,6-7H2,1-4H3. The highest BCUT2D eigenvalue weighted by Crippen LogP contribution is 2.47. The van der Waals surface area contributed by atoms with Gasteiger partial charge in [-0.3, -0.25) is 0 Å². The van der Waals surface area contributed by atoms with E-state index in [0.717, 1.165) is 0 Å². The fourth-order valence-corrected chi connectivity index (χ4v) is 1.71. The zero-order chi connectivity index (χ0) is 14.3. The van der Waals surface area contributed by atoms with Gasteiger partial charge in [-0.15, -0.1) is 0 Å². The van der Waals surface area contributed by atoms with Crippen LogP contribution in [0.5, 0.6) is 23.0 Å². The maximum Gasteiger partial charge on any atom is 0.188 e. The number of ether oxygens (including phenoxy) is 6. The Morgan fingerprint density at radius 3 is 2.00 bits per heavy atom. The highest BCUT2D eigenvalue weighted by atomic mass is 35.5. The molecule has 0 bridgehead atoms. The van der Waals surface area contributed by atoms with E-state index in [9.17, 15) is 0 Å². The van der Waals surface area contributed by atoms with E-state index in [2.05, 4.69) is 0 Å². The molecule has 0 aliphatic heterocycles. The Labute approximate surface area is 117 Å². The fraction of sp³-hybridized carbons (Fsp3) is 0.500. The lowest BCUT2D eigenvalue weighted by Crippen LogP contribution is -2.05. The molecule has 0 atom stereocenters. The van der Waals surface area contributed by atoms with Crippen molar-refractivity contribution in [3.8, 4) is 23.0 Å². The Hall–Kier alpha value is -1.37. The van der Waals surface area contributed by atoms with E-state index < -0.39 is 0 Å². The van der Waals surface area contributed by atoms with Crippen molar-refractivity contribution in [3.05, 3.63) is 11.1 Å². The maximum absolute atomic E-state index is 6.21. The van der Waals surface area contributed by atoms with Crippen LogP contribution < -0.4 is 18.9 Å². The first kappa shape index (κ1) is 15.7. The van der Waals surface area contributed by atoms with Crippen LogP contribution in [0.25, 0.3) is 0 Å². The Balaban J connectivity index is 3.18. The molecule has 0 spiro atoms. The molecule has 108 valence electrons. The van der Waals surface area contributed by atoms with Crippen LogP contribution in [0.2, 0.25) is 5.02 Å². The molecule has 0 saturated heterocycles. The normalized spacial score (nSPS) is 10.2. The van der Waals surface area contributed by atoms with Crippen molar-refractivity contribution in [1.29, 1.82) is 0 Å². The van der Waals surface area contributed by atoms with E-state index >= 15 is 0 Å². The molecule has 0 saturated carbocycles. The molecule has 7 heteroatoms. The first-order valence-corrected chi connectivity index (χ1v) is 5.75. The van der Waals surface area contributed by atoms with Crippen LogP contribution in [0.3, 0.4) is 0 Å². The quantitative estimate of drug-likeness (QED) is 0.686. The van der Waals surface area contributed by atoms with Crippen LogP contribution in [0.1, 0.15) is 0 Å². The van der Waals surface area contributed by atoms with Crippen molar-refractivity contribution >= 4 is 11.6 Å². The van der Waals surface area contributed by atoms with E-state index in [-0.39, 0.29) is 18.6 Å². The highest BCUT2D eigenvalue weighted by Gasteiger charge is 2.20. The fourth-order valence-electron chi connectivity index (χ4n) is 1.39. The Bertz CT molecular complexity index is 410. The van der Waals surface area contributed by atoms with Crippen LogP contribution in [-0.4, -0.2) is 42.0 Å². The summed E-state index contributed by atoms with van der Waals surface area (Å²) in [6.45, 7) is 0.103. The maximum atomic E-state index is 6.21. The minimum absolute atomic E-state index is 0.0392. The van der Waals surface area contributed by atoms with Crippen molar-refractivity contribution in [3.63, 3.8) is 0 Å². The molecule has 0 aliphatic rings. The Kier molecular flexibility index (Phi) is 6.55. The van der Waals surface area contributed by atoms with Gasteiger partial charge in [-0.25, -0.2) is 0 Å². The summed E-state index contributed by atoms with van der Waals surface area (Å²) in [6.07, 6.45) is 0. The molecule has 0 N–H and O–H groups in total. The van der Waals surface area contributed by atoms with Gasteiger partial charge >= 0.3 is 0 Å². The van der Waals surface area contributed by atoms with Gasteiger partial charge in [-0.2, -0.15) is 0 Å². The largest absolute Gasteiger partial charge is 0.493 e. The van der Waals surface area contributed by atoms with Gasteiger partial charge in [0.05, 0.1) is 14.2 Å². The Morgan fingerprint density at radius 1 is 0.842 bits per heavy atom. The summed E-state index contributed by atoms with van der Waals surface area (Å²) in [5.74, 6) is 1.48. The average molecular weight is 293 g/mol. The van der Waals surface area contributed by atoms with E-state index in [1.165, 1.54) is 28.4 Å².